The number of hydrogen-bond donors (Lipinski definition) is 0. The number of methoxy groups -OCH3 is 1. The summed E-state index contributed by atoms with van der Waals surface area (Å²) in [6.07, 6.45) is 5.15. The van der Waals surface area contributed by atoms with Crippen molar-refractivity contribution >= 4 is 9.24 Å². The first-order chi connectivity index (χ1) is 6.71. The third kappa shape index (κ3) is 4.75. The SMILES string of the molecule is CCC(CC)C(CCP)C(C)COC. The molecular weight excluding hydrogens is 191 g/mol. The fourth-order valence-corrected chi connectivity index (χ4v) is 2.84. The van der Waals surface area contributed by atoms with Gasteiger partial charge in [-0.3, -0.25) is 0 Å². The first kappa shape index (κ1) is 14.4. The quantitative estimate of drug-likeness (QED) is 0.566. The average Bonchev–Trinajstić information content (AvgIpc) is 2.18. The van der Waals surface area contributed by atoms with Gasteiger partial charge in [0.25, 0.3) is 0 Å². The second-order valence-electron chi connectivity index (χ2n) is 4.25. The van der Waals surface area contributed by atoms with Crippen molar-refractivity contribution in [2.45, 2.75) is 40.0 Å². The second-order valence-corrected chi connectivity index (χ2v) is 4.83. The van der Waals surface area contributed by atoms with Gasteiger partial charge >= 0.3 is 0 Å². The van der Waals surface area contributed by atoms with Crippen molar-refractivity contribution in [3.8, 4) is 0 Å². The molecule has 3 unspecified atom stereocenters. The molecule has 0 saturated heterocycles. The van der Waals surface area contributed by atoms with E-state index in [1.54, 1.807) is 7.11 Å². The number of hydrogen-bond acceptors (Lipinski definition) is 1. The Morgan fingerprint density at radius 2 is 1.79 bits per heavy atom. The van der Waals surface area contributed by atoms with E-state index in [4.69, 9.17) is 4.74 Å². The van der Waals surface area contributed by atoms with E-state index in [0.717, 1.165) is 18.4 Å². The molecule has 0 saturated carbocycles. The maximum atomic E-state index is 5.26. The van der Waals surface area contributed by atoms with Crippen LogP contribution in [-0.2, 0) is 4.74 Å². The molecule has 0 aromatic carbocycles. The molecule has 0 fully saturated rings. The molecule has 86 valence electrons. The highest BCUT2D eigenvalue weighted by molar-refractivity contribution is 7.16. The summed E-state index contributed by atoms with van der Waals surface area (Å²) in [5, 5.41) is 0. The normalized spacial score (nSPS) is 15.9. The van der Waals surface area contributed by atoms with Gasteiger partial charge in [0.1, 0.15) is 0 Å². The standard InChI is InChI=1S/C12H27OP/c1-5-11(6-2)12(7-8-14)10(3)9-13-4/h10-12H,5-9,14H2,1-4H3. The van der Waals surface area contributed by atoms with Crippen LogP contribution in [0.4, 0.5) is 0 Å². The van der Waals surface area contributed by atoms with Gasteiger partial charge in [0.2, 0.25) is 0 Å². The fraction of sp³-hybridized carbons (Fsp3) is 1.00. The Kier molecular flexibility index (Phi) is 8.92. The van der Waals surface area contributed by atoms with Crippen LogP contribution in [0.3, 0.4) is 0 Å². The Morgan fingerprint density at radius 3 is 2.14 bits per heavy atom. The summed E-state index contributed by atoms with van der Waals surface area (Å²) in [5.41, 5.74) is 0. The number of ether oxygens (including phenoxy) is 1. The van der Waals surface area contributed by atoms with Crippen molar-refractivity contribution < 1.29 is 4.74 Å². The van der Waals surface area contributed by atoms with E-state index in [9.17, 15) is 0 Å². The van der Waals surface area contributed by atoms with E-state index in [0.29, 0.717) is 5.92 Å². The summed E-state index contributed by atoms with van der Waals surface area (Å²) in [6.45, 7) is 7.85. The predicted molar refractivity (Wildman–Crippen MR) is 67.8 cm³/mol. The van der Waals surface area contributed by atoms with Crippen LogP contribution in [0.5, 0.6) is 0 Å². The molecule has 0 aromatic heterocycles. The smallest absolute Gasteiger partial charge is 0.0490 e. The van der Waals surface area contributed by atoms with Gasteiger partial charge < -0.3 is 4.74 Å². The minimum Gasteiger partial charge on any atom is -0.384 e. The molecule has 1 nitrogen and oxygen atoms in total. The van der Waals surface area contributed by atoms with Gasteiger partial charge in [-0.2, -0.15) is 0 Å². The van der Waals surface area contributed by atoms with Crippen LogP contribution < -0.4 is 0 Å². The minimum absolute atomic E-state index is 0.699. The first-order valence-electron chi connectivity index (χ1n) is 5.90. The summed E-state index contributed by atoms with van der Waals surface area (Å²) in [7, 11) is 4.66. The summed E-state index contributed by atoms with van der Waals surface area (Å²) >= 11 is 0. The Labute approximate surface area is 92.2 Å². The van der Waals surface area contributed by atoms with Crippen LogP contribution in [0.15, 0.2) is 0 Å². The largest absolute Gasteiger partial charge is 0.384 e. The summed E-state index contributed by atoms with van der Waals surface area (Å²) in [5.74, 6) is 2.41. The molecule has 0 N–H and O–H groups in total. The molecule has 3 atom stereocenters. The average molecular weight is 218 g/mol. The van der Waals surface area contributed by atoms with E-state index in [2.05, 4.69) is 30.0 Å². The lowest BCUT2D eigenvalue weighted by atomic mass is 9.78. The maximum Gasteiger partial charge on any atom is 0.0490 e. The highest BCUT2D eigenvalue weighted by atomic mass is 31.0. The van der Waals surface area contributed by atoms with Gasteiger partial charge in [-0.1, -0.05) is 33.6 Å². The van der Waals surface area contributed by atoms with Gasteiger partial charge in [0.15, 0.2) is 0 Å². The van der Waals surface area contributed by atoms with Crippen LogP contribution in [0.1, 0.15) is 40.0 Å². The van der Waals surface area contributed by atoms with Gasteiger partial charge in [-0.15, -0.1) is 9.24 Å². The zero-order valence-corrected chi connectivity index (χ0v) is 11.4. The lowest BCUT2D eigenvalue weighted by Gasteiger charge is -2.30. The van der Waals surface area contributed by atoms with Gasteiger partial charge in [-0.25, -0.2) is 0 Å². The molecule has 0 amide bonds. The molecule has 0 aliphatic rings. The molecule has 0 bridgehead atoms. The Bertz CT molecular complexity index is 123. The predicted octanol–water partition coefficient (Wildman–Crippen LogP) is 3.59. The zero-order valence-electron chi connectivity index (χ0n) is 10.3. The van der Waals surface area contributed by atoms with Gasteiger partial charge in [-0.05, 0) is 30.3 Å². The topological polar surface area (TPSA) is 9.23 Å². The molecular formula is C12H27OP. The van der Waals surface area contributed by atoms with Crippen molar-refractivity contribution in [1.82, 2.24) is 0 Å². The van der Waals surface area contributed by atoms with Crippen LogP contribution in [0, 0.1) is 17.8 Å². The van der Waals surface area contributed by atoms with E-state index in [1.165, 1.54) is 25.4 Å². The molecule has 14 heavy (non-hydrogen) atoms. The third-order valence-corrected chi connectivity index (χ3v) is 3.65. The van der Waals surface area contributed by atoms with Crippen molar-refractivity contribution in [2.24, 2.45) is 17.8 Å². The van der Waals surface area contributed by atoms with E-state index < -0.39 is 0 Å². The summed E-state index contributed by atoms with van der Waals surface area (Å²) in [4.78, 5) is 0. The Balaban J connectivity index is 4.23. The van der Waals surface area contributed by atoms with Gasteiger partial charge in [0, 0.05) is 13.7 Å². The Morgan fingerprint density at radius 1 is 1.21 bits per heavy atom. The summed E-state index contributed by atoms with van der Waals surface area (Å²) in [6, 6.07) is 0. The third-order valence-electron chi connectivity index (χ3n) is 3.31. The van der Waals surface area contributed by atoms with Crippen LogP contribution in [0.25, 0.3) is 0 Å². The lowest BCUT2D eigenvalue weighted by Crippen LogP contribution is -2.24. The maximum absolute atomic E-state index is 5.26. The van der Waals surface area contributed by atoms with E-state index in [-0.39, 0.29) is 0 Å². The molecule has 0 aromatic rings. The van der Waals surface area contributed by atoms with Crippen LogP contribution in [0.2, 0.25) is 0 Å². The highest BCUT2D eigenvalue weighted by Gasteiger charge is 2.23. The second kappa shape index (κ2) is 8.68. The van der Waals surface area contributed by atoms with Crippen molar-refractivity contribution in [2.75, 3.05) is 19.9 Å². The minimum atomic E-state index is 0.699. The van der Waals surface area contributed by atoms with Gasteiger partial charge in [0.05, 0.1) is 0 Å². The highest BCUT2D eigenvalue weighted by Crippen LogP contribution is 2.30. The summed E-state index contributed by atoms with van der Waals surface area (Å²) < 4.78 is 5.26. The molecule has 0 heterocycles. The fourth-order valence-electron chi connectivity index (χ4n) is 2.46. The molecule has 0 spiro atoms. The van der Waals surface area contributed by atoms with Crippen LogP contribution >= 0.6 is 9.24 Å². The molecule has 2 heteroatoms. The molecule has 0 aliphatic heterocycles. The molecule has 0 radical (unpaired) electrons. The number of rotatable bonds is 8. The van der Waals surface area contributed by atoms with E-state index >= 15 is 0 Å². The van der Waals surface area contributed by atoms with E-state index in [1.807, 2.05) is 0 Å². The first-order valence-corrected chi connectivity index (χ1v) is 6.71. The van der Waals surface area contributed by atoms with Crippen LogP contribution in [-0.4, -0.2) is 19.9 Å². The monoisotopic (exact) mass is 218 g/mol. The lowest BCUT2D eigenvalue weighted by molar-refractivity contribution is 0.101. The zero-order chi connectivity index (χ0) is 11.0. The molecule has 0 aliphatic carbocycles. The van der Waals surface area contributed by atoms with Crippen molar-refractivity contribution in [3.63, 3.8) is 0 Å². The van der Waals surface area contributed by atoms with Crippen molar-refractivity contribution in [1.29, 1.82) is 0 Å². The Hall–Kier alpha value is 0.390. The molecule has 0 rings (SSSR count). The van der Waals surface area contributed by atoms with Crippen molar-refractivity contribution in [3.05, 3.63) is 0 Å².